The molecule has 1 aliphatic rings. The molecule has 0 aliphatic carbocycles. The van der Waals surface area contributed by atoms with Gasteiger partial charge in [0.25, 0.3) is 5.91 Å². The second kappa shape index (κ2) is 14.0. The molecule has 3 aromatic carbocycles. The standard InChI is InChI=1S/C36H33F3N6O5S/c1-21(46)42-33-43-31-27(14-9-15-28(31)51-33)49-30-19-29(40-20-41-30)44(24-13-8-12-23(18-24)36(37,38)39)32(47)26-17-16-25(22-10-6-5-7-11-22)45(26)34(48)50-35(2,3)4/h5-15,18-20,25-26H,16-17H2,1-4H3,(H,42,43,46). The molecular weight excluding hydrogens is 685 g/mol. The third kappa shape index (κ3) is 7.93. The van der Waals surface area contributed by atoms with E-state index in [0.29, 0.717) is 21.8 Å². The molecule has 0 bridgehead atoms. The fourth-order valence-electron chi connectivity index (χ4n) is 5.80. The van der Waals surface area contributed by atoms with Crippen LogP contribution in [0.25, 0.3) is 10.2 Å². The van der Waals surface area contributed by atoms with Gasteiger partial charge in [-0.2, -0.15) is 13.2 Å². The van der Waals surface area contributed by atoms with E-state index in [9.17, 15) is 27.6 Å². The van der Waals surface area contributed by atoms with Crippen molar-refractivity contribution in [1.82, 2.24) is 19.9 Å². The number of benzene rings is 3. The molecule has 0 saturated carbocycles. The fraction of sp³-hybridized carbons (Fsp3) is 0.278. The number of halogens is 3. The van der Waals surface area contributed by atoms with Crippen LogP contribution in [0, 0.1) is 0 Å². The van der Waals surface area contributed by atoms with Crippen LogP contribution in [0.3, 0.4) is 0 Å². The SMILES string of the molecule is CC(=O)Nc1nc2c(Oc3cc(N(C(=O)C4CCC(c5ccccc5)N4C(=O)OC(C)(C)C)c4cccc(C(F)(F)F)c4)ncn3)cccc2s1. The van der Waals surface area contributed by atoms with Gasteiger partial charge >= 0.3 is 12.3 Å². The number of alkyl halides is 3. The molecule has 264 valence electrons. The summed E-state index contributed by atoms with van der Waals surface area (Å²) in [5.41, 5.74) is -0.792. The van der Waals surface area contributed by atoms with Crippen LogP contribution < -0.4 is 15.0 Å². The Balaban J connectivity index is 1.42. The number of nitrogens with one attached hydrogen (secondary N) is 1. The van der Waals surface area contributed by atoms with E-state index in [-0.39, 0.29) is 35.5 Å². The number of anilines is 3. The summed E-state index contributed by atoms with van der Waals surface area (Å²) in [6.45, 7) is 6.49. The highest BCUT2D eigenvalue weighted by Gasteiger charge is 2.46. The third-order valence-electron chi connectivity index (χ3n) is 7.85. The molecule has 15 heteroatoms. The molecule has 0 radical (unpaired) electrons. The van der Waals surface area contributed by atoms with E-state index in [1.807, 2.05) is 30.3 Å². The molecule has 6 rings (SSSR count). The molecule has 3 heterocycles. The van der Waals surface area contributed by atoms with Gasteiger partial charge in [0.2, 0.25) is 11.8 Å². The number of hydrogen-bond donors (Lipinski definition) is 1. The van der Waals surface area contributed by atoms with Crippen molar-refractivity contribution in [2.45, 2.75) is 64.4 Å². The van der Waals surface area contributed by atoms with Crippen molar-refractivity contribution in [3.8, 4) is 11.6 Å². The van der Waals surface area contributed by atoms with Crippen molar-refractivity contribution in [3.05, 3.63) is 96.3 Å². The molecule has 2 atom stereocenters. The Morgan fingerprint density at radius 3 is 2.39 bits per heavy atom. The lowest BCUT2D eigenvalue weighted by molar-refractivity contribution is -0.137. The number of ether oxygens (including phenoxy) is 2. The third-order valence-corrected chi connectivity index (χ3v) is 8.78. The molecule has 2 unspecified atom stereocenters. The summed E-state index contributed by atoms with van der Waals surface area (Å²) < 4.78 is 54.4. The first kappa shape index (κ1) is 35.3. The second-order valence-corrected chi connectivity index (χ2v) is 13.8. The maximum absolute atomic E-state index is 14.8. The maximum atomic E-state index is 14.8. The highest BCUT2D eigenvalue weighted by atomic mass is 32.1. The maximum Gasteiger partial charge on any atom is 0.416 e. The van der Waals surface area contributed by atoms with Crippen LogP contribution >= 0.6 is 11.3 Å². The van der Waals surface area contributed by atoms with Crippen LogP contribution in [0.2, 0.25) is 0 Å². The lowest BCUT2D eigenvalue weighted by atomic mass is 10.1. The number of fused-ring (bicyclic) bond motifs is 1. The van der Waals surface area contributed by atoms with Crippen LogP contribution in [-0.2, 0) is 20.5 Å². The molecular formula is C36H33F3N6O5S. The quantitative estimate of drug-likeness (QED) is 0.177. The van der Waals surface area contributed by atoms with Crippen LogP contribution in [0.15, 0.2) is 85.2 Å². The van der Waals surface area contributed by atoms with Crippen molar-refractivity contribution in [2.75, 3.05) is 10.2 Å². The minimum Gasteiger partial charge on any atom is -0.444 e. The number of carbonyl (C=O) groups is 3. The molecule has 3 amide bonds. The fourth-order valence-corrected chi connectivity index (χ4v) is 6.73. The summed E-state index contributed by atoms with van der Waals surface area (Å²) in [6, 6.07) is 18.3. The van der Waals surface area contributed by atoms with Gasteiger partial charge in [0.1, 0.15) is 29.3 Å². The van der Waals surface area contributed by atoms with Crippen molar-refractivity contribution in [3.63, 3.8) is 0 Å². The number of carbonyl (C=O) groups excluding carboxylic acids is 3. The van der Waals surface area contributed by atoms with Gasteiger partial charge in [-0.25, -0.2) is 19.7 Å². The summed E-state index contributed by atoms with van der Waals surface area (Å²) in [5.74, 6) is -0.854. The zero-order chi connectivity index (χ0) is 36.5. The zero-order valence-corrected chi connectivity index (χ0v) is 28.8. The van der Waals surface area contributed by atoms with Crippen LogP contribution in [0.5, 0.6) is 11.6 Å². The highest BCUT2D eigenvalue weighted by molar-refractivity contribution is 7.22. The highest BCUT2D eigenvalue weighted by Crippen LogP contribution is 2.41. The predicted octanol–water partition coefficient (Wildman–Crippen LogP) is 8.66. The minimum absolute atomic E-state index is 0.0380. The summed E-state index contributed by atoms with van der Waals surface area (Å²) in [5, 5.41) is 3.00. The van der Waals surface area contributed by atoms with Gasteiger partial charge in [-0.15, -0.1) is 0 Å². The first-order valence-electron chi connectivity index (χ1n) is 15.9. The van der Waals surface area contributed by atoms with E-state index in [4.69, 9.17) is 9.47 Å². The van der Waals surface area contributed by atoms with E-state index in [0.717, 1.165) is 28.9 Å². The number of likely N-dealkylation sites (tertiary alicyclic amines) is 1. The Morgan fingerprint density at radius 2 is 1.69 bits per heavy atom. The Hall–Kier alpha value is -5.57. The van der Waals surface area contributed by atoms with Gasteiger partial charge in [0.05, 0.1) is 22.0 Å². The summed E-state index contributed by atoms with van der Waals surface area (Å²) in [7, 11) is 0. The van der Waals surface area contributed by atoms with E-state index in [1.165, 1.54) is 41.4 Å². The molecule has 11 nitrogen and oxygen atoms in total. The Kier molecular flexibility index (Phi) is 9.66. The van der Waals surface area contributed by atoms with Crippen molar-refractivity contribution in [1.29, 1.82) is 0 Å². The summed E-state index contributed by atoms with van der Waals surface area (Å²) in [4.78, 5) is 55.5. The predicted molar refractivity (Wildman–Crippen MR) is 185 cm³/mol. The van der Waals surface area contributed by atoms with Gasteiger partial charge < -0.3 is 14.8 Å². The smallest absolute Gasteiger partial charge is 0.416 e. The van der Waals surface area contributed by atoms with Crippen molar-refractivity contribution in [2.24, 2.45) is 0 Å². The van der Waals surface area contributed by atoms with Crippen LogP contribution in [0.1, 0.15) is 57.7 Å². The largest absolute Gasteiger partial charge is 0.444 e. The normalized spacial score (nSPS) is 16.2. The molecule has 1 aliphatic heterocycles. The number of rotatable bonds is 7. The molecule has 5 aromatic rings. The molecule has 1 fully saturated rings. The summed E-state index contributed by atoms with van der Waals surface area (Å²) in [6.07, 6.45) is -3.73. The number of thiazole rings is 1. The van der Waals surface area contributed by atoms with Gasteiger partial charge in [-0.1, -0.05) is 53.8 Å². The van der Waals surface area contributed by atoms with Crippen LogP contribution in [0.4, 0.5) is 34.6 Å². The number of amides is 3. The summed E-state index contributed by atoms with van der Waals surface area (Å²) >= 11 is 1.24. The van der Waals surface area contributed by atoms with E-state index in [2.05, 4.69) is 20.3 Å². The van der Waals surface area contributed by atoms with Gasteiger partial charge in [-0.3, -0.25) is 19.4 Å². The number of para-hydroxylation sites is 1. The van der Waals surface area contributed by atoms with Crippen molar-refractivity contribution < 1.29 is 37.0 Å². The van der Waals surface area contributed by atoms with Gasteiger partial charge in [0, 0.05) is 13.0 Å². The Morgan fingerprint density at radius 1 is 0.941 bits per heavy atom. The van der Waals surface area contributed by atoms with Gasteiger partial charge in [-0.05, 0) is 69.5 Å². The minimum atomic E-state index is -4.71. The molecule has 2 aromatic heterocycles. The average molecular weight is 719 g/mol. The van der Waals surface area contributed by atoms with Gasteiger partial charge in [0.15, 0.2) is 10.9 Å². The molecule has 51 heavy (non-hydrogen) atoms. The van der Waals surface area contributed by atoms with Crippen LogP contribution in [-0.4, -0.2) is 49.4 Å². The topological polar surface area (TPSA) is 127 Å². The number of aromatic nitrogens is 3. The van der Waals surface area contributed by atoms with E-state index >= 15 is 0 Å². The Labute approximate surface area is 295 Å². The lowest BCUT2D eigenvalue weighted by Gasteiger charge is -2.34. The number of nitrogens with zero attached hydrogens (tertiary/aromatic N) is 5. The average Bonchev–Trinajstić information content (AvgIpc) is 3.69. The lowest BCUT2D eigenvalue weighted by Crippen LogP contribution is -2.49. The first-order chi connectivity index (χ1) is 24.2. The van der Waals surface area contributed by atoms with E-state index < -0.39 is 41.4 Å². The van der Waals surface area contributed by atoms with Crippen molar-refractivity contribution >= 4 is 56.1 Å². The molecule has 1 saturated heterocycles. The zero-order valence-electron chi connectivity index (χ0n) is 28.0. The second-order valence-electron chi connectivity index (χ2n) is 12.7. The monoisotopic (exact) mass is 718 g/mol. The molecule has 0 spiro atoms. The number of hydrogen-bond acceptors (Lipinski definition) is 9. The molecule has 1 N–H and O–H groups in total. The first-order valence-corrected chi connectivity index (χ1v) is 16.7. The Bertz CT molecular complexity index is 2090. The van der Waals surface area contributed by atoms with E-state index in [1.54, 1.807) is 39.0 Å².